The first-order valence-corrected chi connectivity index (χ1v) is 10.8. The molecule has 1 atom stereocenters. The molecule has 0 saturated carbocycles. The molecule has 2 rings (SSSR count). The summed E-state index contributed by atoms with van der Waals surface area (Å²) in [6.07, 6.45) is 3.60. The van der Waals surface area contributed by atoms with Crippen molar-refractivity contribution in [3.63, 3.8) is 0 Å². The molecule has 0 bridgehead atoms. The third-order valence-corrected chi connectivity index (χ3v) is 4.89. The van der Waals surface area contributed by atoms with Gasteiger partial charge in [0.15, 0.2) is 0 Å². The van der Waals surface area contributed by atoms with E-state index in [1.165, 1.54) is 0 Å². The Morgan fingerprint density at radius 1 is 1.03 bits per heavy atom. The van der Waals surface area contributed by atoms with Crippen LogP contribution in [0.15, 0.2) is 30.3 Å². The number of nitrogens with one attached hydrogen (secondary N) is 2. The molecule has 0 aliphatic carbocycles. The Balaban J connectivity index is 1.78. The van der Waals surface area contributed by atoms with E-state index in [1.807, 2.05) is 37.3 Å². The normalized spacial score (nSPS) is 14.1. The van der Waals surface area contributed by atoms with Gasteiger partial charge in [-0.25, -0.2) is 9.59 Å². The van der Waals surface area contributed by atoms with E-state index in [9.17, 15) is 14.4 Å². The van der Waals surface area contributed by atoms with Gasteiger partial charge in [-0.2, -0.15) is 0 Å². The van der Waals surface area contributed by atoms with E-state index in [0.717, 1.165) is 31.2 Å². The summed E-state index contributed by atoms with van der Waals surface area (Å²) in [5.74, 6) is -0.102. The minimum atomic E-state index is -0.677. The maximum Gasteiger partial charge on any atom is 0.408 e. The van der Waals surface area contributed by atoms with Gasteiger partial charge in [-0.3, -0.25) is 4.79 Å². The molecule has 30 heavy (non-hydrogen) atoms. The number of hydrogen-bond acceptors (Lipinski definition) is 5. The fourth-order valence-electron chi connectivity index (χ4n) is 3.18. The average Bonchev–Trinajstić information content (AvgIpc) is 3.30. The lowest BCUT2D eigenvalue weighted by molar-refractivity contribution is -0.132. The molecule has 1 aliphatic rings. The monoisotopic (exact) mass is 419 g/mol. The number of nitrogens with zero attached hydrogens (tertiary/aromatic N) is 1. The van der Waals surface area contributed by atoms with E-state index in [-0.39, 0.29) is 12.5 Å². The molecule has 8 heteroatoms. The fourth-order valence-corrected chi connectivity index (χ4v) is 3.18. The van der Waals surface area contributed by atoms with Crippen LogP contribution in [0.1, 0.15) is 51.0 Å². The van der Waals surface area contributed by atoms with Crippen molar-refractivity contribution in [2.75, 3.05) is 26.2 Å². The number of alkyl carbamates (subject to hydrolysis) is 2. The van der Waals surface area contributed by atoms with Gasteiger partial charge in [0.1, 0.15) is 12.6 Å². The highest BCUT2D eigenvalue weighted by Crippen LogP contribution is 2.12. The predicted molar refractivity (Wildman–Crippen MR) is 113 cm³/mol. The number of carbonyl (C=O) groups is 3. The minimum Gasteiger partial charge on any atom is -0.450 e. The number of benzene rings is 1. The fraction of sp³-hybridized carbons (Fsp3) is 0.591. The molecule has 0 radical (unpaired) electrons. The Bertz CT molecular complexity index is 662. The van der Waals surface area contributed by atoms with Gasteiger partial charge in [-0.15, -0.1) is 0 Å². The van der Waals surface area contributed by atoms with Crippen molar-refractivity contribution in [1.29, 1.82) is 0 Å². The third-order valence-electron chi connectivity index (χ3n) is 4.89. The summed E-state index contributed by atoms with van der Waals surface area (Å²) in [5.41, 5.74) is 0.876. The molecule has 166 valence electrons. The van der Waals surface area contributed by atoms with Crippen molar-refractivity contribution in [2.45, 2.75) is 58.1 Å². The molecular weight excluding hydrogens is 386 g/mol. The van der Waals surface area contributed by atoms with Gasteiger partial charge in [0.2, 0.25) is 5.91 Å². The van der Waals surface area contributed by atoms with Gasteiger partial charge >= 0.3 is 12.2 Å². The molecule has 1 aliphatic heterocycles. The Labute approximate surface area is 178 Å². The number of ether oxygens (including phenoxy) is 2. The molecule has 1 aromatic rings. The number of hydrogen-bond donors (Lipinski definition) is 2. The van der Waals surface area contributed by atoms with Crippen LogP contribution in [0.3, 0.4) is 0 Å². The van der Waals surface area contributed by atoms with Crippen molar-refractivity contribution >= 4 is 18.1 Å². The van der Waals surface area contributed by atoms with E-state index in [1.54, 1.807) is 4.90 Å². The van der Waals surface area contributed by atoms with Crippen molar-refractivity contribution in [3.8, 4) is 0 Å². The van der Waals surface area contributed by atoms with Crippen LogP contribution in [0.4, 0.5) is 9.59 Å². The van der Waals surface area contributed by atoms with E-state index in [2.05, 4.69) is 10.6 Å². The van der Waals surface area contributed by atoms with Crippen LogP contribution in [0.2, 0.25) is 0 Å². The molecule has 1 heterocycles. The van der Waals surface area contributed by atoms with Crippen LogP contribution in [0, 0.1) is 0 Å². The van der Waals surface area contributed by atoms with E-state index in [4.69, 9.17) is 9.47 Å². The van der Waals surface area contributed by atoms with Crippen LogP contribution in [0.5, 0.6) is 0 Å². The van der Waals surface area contributed by atoms with Gasteiger partial charge in [-0.1, -0.05) is 43.7 Å². The topological polar surface area (TPSA) is 97.0 Å². The standard InChI is InChI=1S/C22H33N3O5/c1-2-3-16-29-21(27)23-13-9-12-19(20(26)25-14-7-8-15-25)24-22(28)30-17-18-10-5-4-6-11-18/h4-6,10-11,19H,2-3,7-9,12-17H2,1H3,(H,23,27)(H,24,28). The maximum absolute atomic E-state index is 12.8. The van der Waals surface area contributed by atoms with Crippen molar-refractivity contribution in [1.82, 2.24) is 15.5 Å². The lowest BCUT2D eigenvalue weighted by Crippen LogP contribution is -2.48. The summed E-state index contributed by atoms with van der Waals surface area (Å²) >= 11 is 0. The molecule has 0 aromatic heterocycles. The second kappa shape index (κ2) is 13.5. The maximum atomic E-state index is 12.8. The van der Waals surface area contributed by atoms with E-state index in [0.29, 0.717) is 39.1 Å². The zero-order valence-electron chi connectivity index (χ0n) is 17.7. The number of likely N-dealkylation sites (tertiary alicyclic amines) is 1. The van der Waals surface area contributed by atoms with Crippen LogP contribution < -0.4 is 10.6 Å². The summed E-state index contributed by atoms with van der Waals surface area (Å²) in [4.78, 5) is 38.4. The summed E-state index contributed by atoms with van der Waals surface area (Å²) in [5, 5.41) is 5.37. The molecule has 1 saturated heterocycles. The van der Waals surface area contributed by atoms with E-state index >= 15 is 0 Å². The summed E-state index contributed by atoms with van der Waals surface area (Å²) in [6.45, 7) is 4.35. The Kier molecular flexibility index (Phi) is 10.5. The zero-order chi connectivity index (χ0) is 21.6. The molecule has 1 aromatic carbocycles. The van der Waals surface area contributed by atoms with Crippen LogP contribution in [-0.4, -0.2) is 55.3 Å². The molecule has 0 spiro atoms. The second-order valence-corrected chi connectivity index (χ2v) is 7.35. The molecule has 8 nitrogen and oxygen atoms in total. The number of carbonyl (C=O) groups excluding carboxylic acids is 3. The average molecular weight is 420 g/mol. The first kappa shape index (κ1) is 23.5. The van der Waals surface area contributed by atoms with Gasteiger partial charge in [-0.05, 0) is 37.7 Å². The highest BCUT2D eigenvalue weighted by Gasteiger charge is 2.28. The molecule has 2 N–H and O–H groups in total. The molecule has 3 amide bonds. The van der Waals surface area contributed by atoms with Gasteiger partial charge < -0.3 is 25.0 Å². The smallest absolute Gasteiger partial charge is 0.408 e. The molecular formula is C22H33N3O5. The summed E-state index contributed by atoms with van der Waals surface area (Å²) < 4.78 is 10.3. The molecule has 1 unspecified atom stereocenters. The van der Waals surface area contributed by atoms with Crippen molar-refractivity contribution in [2.24, 2.45) is 0 Å². The summed E-state index contributed by atoms with van der Waals surface area (Å²) in [6, 6.07) is 8.69. The van der Waals surface area contributed by atoms with Crippen molar-refractivity contribution in [3.05, 3.63) is 35.9 Å². The Hall–Kier alpha value is -2.77. The first-order chi connectivity index (χ1) is 14.6. The van der Waals surface area contributed by atoms with Gasteiger partial charge in [0.25, 0.3) is 0 Å². The lowest BCUT2D eigenvalue weighted by atomic mass is 10.1. The Morgan fingerprint density at radius 2 is 1.77 bits per heavy atom. The lowest BCUT2D eigenvalue weighted by Gasteiger charge is -2.24. The molecule has 1 fully saturated rings. The van der Waals surface area contributed by atoms with Crippen molar-refractivity contribution < 1.29 is 23.9 Å². The number of unbranched alkanes of at least 4 members (excludes halogenated alkanes) is 1. The highest BCUT2D eigenvalue weighted by molar-refractivity contribution is 5.85. The predicted octanol–water partition coefficient (Wildman–Crippen LogP) is 3.21. The largest absolute Gasteiger partial charge is 0.450 e. The van der Waals surface area contributed by atoms with Gasteiger partial charge in [0.05, 0.1) is 6.61 Å². The number of rotatable bonds is 11. The highest BCUT2D eigenvalue weighted by atomic mass is 16.6. The second-order valence-electron chi connectivity index (χ2n) is 7.35. The number of amides is 3. The van der Waals surface area contributed by atoms with E-state index < -0.39 is 18.2 Å². The quantitative estimate of drug-likeness (QED) is 0.537. The minimum absolute atomic E-state index is 0.102. The third kappa shape index (κ3) is 8.71. The van der Waals surface area contributed by atoms with Crippen LogP contribution >= 0.6 is 0 Å². The first-order valence-electron chi connectivity index (χ1n) is 10.8. The van der Waals surface area contributed by atoms with Crippen LogP contribution in [0.25, 0.3) is 0 Å². The van der Waals surface area contributed by atoms with Gasteiger partial charge in [0, 0.05) is 19.6 Å². The SMILES string of the molecule is CCCCOC(=O)NCCCC(NC(=O)OCc1ccccc1)C(=O)N1CCCC1. The zero-order valence-corrected chi connectivity index (χ0v) is 17.7. The summed E-state index contributed by atoms with van der Waals surface area (Å²) in [7, 11) is 0. The van der Waals surface area contributed by atoms with Crippen LogP contribution in [-0.2, 0) is 20.9 Å². The Morgan fingerprint density at radius 3 is 2.47 bits per heavy atom.